The standard InChI is InChI=1S/C14H18N4O3/c1-2-10-13(20)16-12(19)7-18(10)14(21)11-5-8(15)6-17(11)9-3-4-9/h5-6,9-10H,2-4,7,15H2,1H3,(H,16,19,20). The fraction of sp³-hybridized carbons (Fsp3) is 0.500. The van der Waals surface area contributed by atoms with Gasteiger partial charge in [0.15, 0.2) is 0 Å². The third-order valence-corrected chi connectivity index (χ3v) is 3.93. The van der Waals surface area contributed by atoms with E-state index >= 15 is 0 Å². The average Bonchev–Trinajstić information content (AvgIpc) is 3.20. The quantitative estimate of drug-likeness (QED) is 0.781. The van der Waals surface area contributed by atoms with Crippen molar-refractivity contribution in [3.8, 4) is 0 Å². The van der Waals surface area contributed by atoms with Crippen LogP contribution < -0.4 is 11.1 Å². The molecule has 1 saturated carbocycles. The van der Waals surface area contributed by atoms with Crippen molar-refractivity contribution in [1.29, 1.82) is 0 Å². The first-order valence-electron chi connectivity index (χ1n) is 7.13. The zero-order valence-electron chi connectivity index (χ0n) is 11.8. The first-order valence-corrected chi connectivity index (χ1v) is 7.13. The lowest BCUT2D eigenvalue weighted by Gasteiger charge is -2.33. The van der Waals surface area contributed by atoms with Crippen LogP contribution in [0.4, 0.5) is 5.69 Å². The smallest absolute Gasteiger partial charge is 0.271 e. The van der Waals surface area contributed by atoms with Crippen LogP contribution in [0.2, 0.25) is 0 Å². The zero-order chi connectivity index (χ0) is 15.1. The van der Waals surface area contributed by atoms with Gasteiger partial charge in [0, 0.05) is 12.2 Å². The van der Waals surface area contributed by atoms with Gasteiger partial charge in [0.2, 0.25) is 11.8 Å². The summed E-state index contributed by atoms with van der Waals surface area (Å²) >= 11 is 0. The Morgan fingerprint density at radius 1 is 1.43 bits per heavy atom. The Labute approximate surface area is 122 Å². The average molecular weight is 290 g/mol. The van der Waals surface area contributed by atoms with E-state index in [1.54, 1.807) is 12.3 Å². The predicted octanol–water partition coefficient (Wildman–Crippen LogP) is 0.282. The minimum Gasteiger partial charge on any atom is -0.397 e. The van der Waals surface area contributed by atoms with Crippen molar-refractivity contribution in [2.75, 3.05) is 12.3 Å². The van der Waals surface area contributed by atoms with Gasteiger partial charge in [-0.15, -0.1) is 0 Å². The molecule has 7 heteroatoms. The van der Waals surface area contributed by atoms with Crippen LogP contribution in [0.3, 0.4) is 0 Å². The normalized spacial score (nSPS) is 22.3. The molecule has 1 unspecified atom stereocenters. The number of hydrogen-bond donors (Lipinski definition) is 2. The lowest BCUT2D eigenvalue weighted by Crippen LogP contribution is -2.59. The number of nitrogens with one attached hydrogen (secondary N) is 1. The summed E-state index contributed by atoms with van der Waals surface area (Å²) in [7, 11) is 0. The van der Waals surface area contributed by atoms with E-state index < -0.39 is 17.9 Å². The molecule has 1 aliphatic heterocycles. The number of carbonyl (C=O) groups excluding carboxylic acids is 3. The summed E-state index contributed by atoms with van der Waals surface area (Å²) in [5.41, 5.74) is 6.77. The molecule has 0 radical (unpaired) electrons. The maximum atomic E-state index is 12.7. The van der Waals surface area contributed by atoms with Crippen molar-refractivity contribution < 1.29 is 14.4 Å². The van der Waals surface area contributed by atoms with Crippen molar-refractivity contribution in [2.24, 2.45) is 0 Å². The largest absolute Gasteiger partial charge is 0.397 e. The number of imide groups is 1. The molecule has 2 fully saturated rings. The molecule has 2 heterocycles. The van der Waals surface area contributed by atoms with Gasteiger partial charge < -0.3 is 15.2 Å². The van der Waals surface area contributed by atoms with Crippen molar-refractivity contribution >= 4 is 23.4 Å². The number of carbonyl (C=O) groups is 3. The van der Waals surface area contributed by atoms with E-state index in [4.69, 9.17) is 5.73 Å². The van der Waals surface area contributed by atoms with Crippen molar-refractivity contribution in [1.82, 2.24) is 14.8 Å². The highest BCUT2D eigenvalue weighted by atomic mass is 16.2. The molecule has 1 atom stereocenters. The van der Waals surface area contributed by atoms with Crippen molar-refractivity contribution in [2.45, 2.75) is 38.3 Å². The Morgan fingerprint density at radius 3 is 2.76 bits per heavy atom. The Hall–Kier alpha value is -2.31. The molecular formula is C14H18N4O3. The molecule has 1 aromatic heterocycles. The molecule has 7 nitrogen and oxygen atoms in total. The second kappa shape index (κ2) is 4.91. The fourth-order valence-electron chi connectivity index (χ4n) is 2.76. The van der Waals surface area contributed by atoms with Gasteiger partial charge in [0.25, 0.3) is 5.91 Å². The Balaban J connectivity index is 1.92. The molecule has 3 rings (SSSR count). The van der Waals surface area contributed by atoms with E-state index in [2.05, 4.69) is 5.32 Å². The summed E-state index contributed by atoms with van der Waals surface area (Å²) in [6.45, 7) is 1.72. The van der Waals surface area contributed by atoms with E-state index in [9.17, 15) is 14.4 Å². The van der Waals surface area contributed by atoms with Crippen LogP contribution in [-0.2, 0) is 9.59 Å². The summed E-state index contributed by atoms with van der Waals surface area (Å²) in [5.74, 6) is -1.18. The highest BCUT2D eigenvalue weighted by Gasteiger charge is 2.38. The van der Waals surface area contributed by atoms with Gasteiger partial charge in [-0.05, 0) is 25.3 Å². The van der Waals surface area contributed by atoms with Crippen LogP contribution in [0.1, 0.15) is 42.7 Å². The summed E-state index contributed by atoms with van der Waals surface area (Å²) in [6.07, 6.45) is 4.25. The van der Waals surface area contributed by atoms with Crippen molar-refractivity contribution in [3.63, 3.8) is 0 Å². The van der Waals surface area contributed by atoms with Gasteiger partial charge in [-0.25, -0.2) is 0 Å². The van der Waals surface area contributed by atoms with Gasteiger partial charge in [0.1, 0.15) is 18.3 Å². The van der Waals surface area contributed by atoms with E-state index in [-0.39, 0.29) is 12.5 Å². The molecule has 3 N–H and O–H groups in total. The number of rotatable bonds is 3. The van der Waals surface area contributed by atoms with Gasteiger partial charge in [0.05, 0.1) is 5.69 Å². The molecule has 0 aromatic carbocycles. The zero-order valence-corrected chi connectivity index (χ0v) is 11.8. The summed E-state index contributed by atoms with van der Waals surface area (Å²) in [5, 5.41) is 2.27. The third kappa shape index (κ3) is 2.39. The van der Waals surface area contributed by atoms with Gasteiger partial charge in [-0.2, -0.15) is 0 Å². The third-order valence-electron chi connectivity index (χ3n) is 3.93. The molecular weight excluding hydrogens is 272 g/mol. The maximum absolute atomic E-state index is 12.7. The molecule has 1 aliphatic carbocycles. The second-order valence-corrected chi connectivity index (χ2v) is 5.57. The topological polar surface area (TPSA) is 97.4 Å². The molecule has 2 aliphatic rings. The Kier molecular flexibility index (Phi) is 3.19. The van der Waals surface area contributed by atoms with Crippen LogP contribution in [-0.4, -0.2) is 39.8 Å². The lowest BCUT2D eigenvalue weighted by atomic mass is 10.1. The summed E-state index contributed by atoms with van der Waals surface area (Å²) in [4.78, 5) is 37.5. The first-order chi connectivity index (χ1) is 10.0. The lowest BCUT2D eigenvalue weighted by molar-refractivity contribution is -0.138. The van der Waals surface area contributed by atoms with E-state index in [0.717, 1.165) is 12.8 Å². The minimum absolute atomic E-state index is 0.0984. The van der Waals surface area contributed by atoms with E-state index in [1.807, 2.05) is 11.5 Å². The number of amides is 3. The Bertz CT molecular complexity index is 618. The van der Waals surface area contributed by atoms with E-state index in [0.29, 0.717) is 23.8 Å². The number of nitrogens with two attached hydrogens (primary N) is 1. The monoisotopic (exact) mass is 290 g/mol. The number of aromatic nitrogens is 1. The Morgan fingerprint density at radius 2 is 2.14 bits per heavy atom. The summed E-state index contributed by atoms with van der Waals surface area (Å²) in [6, 6.07) is 1.30. The number of piperazine rings is 1. The summed E-state index contributed by atoms with van der Waals surface area (Å²) < 4.78 is 1.86. The fourth-order valence-corrected chi connectivity index (χ4v) is 2.76. The van der Waals surface area contributed by atoms with Crippen LogP contribution >= 0.6 is 0 Å². The molecule has 1 saturated heterocycles. The maximum Gasteiger partial charge on any atom is 0.271 e. The van der Waals surface area contributed by atoms with Gasteiger partial charge in [-0.1, -0.05) is 6.92 Å². The first kappa shape index (κ1) is 13.7. The number of nitrogens with zero attached hydrogens (tertiary/aromatic N) is 2. The van der Waals surface area contributed by atoms with Crippen LogP contribution in [0.15, 0.2) is 12.3 Å². The molecule has 0 bridgehead atoms. The number of anilines is 1. The highest BCUT2D eigenvalue weighted by molar-refractivity contribution is 6.07. The molecule has 112 valence electrons. The van der Waals surface area contributed by atoms with E-state index in [1.165, 1.54) is 4.90 Å². The predicted molar refractivity (Wildman–Crippen MR) is 75.4 cm³/mol. The molecule has 21 heavy (non-hydrogen) atoms. The molecule has 1 aromatic rings. The highest BCUT2D eigenvalue weighted by Crippen LogP contribution is 2.37. The van der Waals surface area contributed by atoms with Gasteiger partial charge >= 0.3 is 0 Å². The van der Waals surface area contributed by atoms with Crippen LogP contribution in [0.5, 0.6) is 0 Å². The molecule has 0 spiro atoms. The SMILES string of the molecule is CCC1C(=O)NC(=O)CN1C(=O)c1cc(N)cn1C1CC1. The molecule has 3 amide bonds. The minimum atomic E-state index is -0.612. The number of hydrogen-bond acceptors (Lipinski definition) is 4. The number of nitrogen functional groups attached to an aromatic ring is 1. The van der Waals surface area contributed by atoms with Gasteiger partial charge in [-0.3, -0.25) is 19.7 Å². The second-order valence-electron chi connectivity index (χ2n) is 5.57. The van der Waals surface area contributed by atoms with Crippen LogP contribution in [0.25, 0.3) is 0 Å². The van der Waals surface area contributed by atoms with Crippen LogP contribution in [0, 0.1) is 0 Å². The van der Waals surface area contributed by atoms with Crippen molar-refractivity contribution in [3.05, 3.63) is 18.0 Å².